The van der Waals surface area contributed by atoms with Crippen LogP contribution in [0.15, 0.2) is 27.7 Å². The molecule has 9 nitrogen and oxygen atoms in total. The van der Waals surface area contributed by atoms with E-state index in [2.05, 4.69) is 20.2 Å². The van der Waals surface area contributed by atoms with Gasteiger partial charge in [-0.1, -0.05) is 0 Å². The van der Waals surface area contributed by atoms with Gasteiger partial charge in [0.05, 0.1) is 12.8 Å². The number of nitrogens with zero attached hydrogens (tertiary/aromatic N) is 3. The van der Waals surface area contributed by atoms with Crippen molar-refractivity contribution in [2.24, 2.45) is 10.8 Å². The van der Waals surface area contributed by atoms with Crippen LogP contribution in [0.5, 0.6) is 0 Å². The lowest BCUT2D eigenvalue weighted by atomic mass is 10.3. The van der Waals surface area contributed by atoms with E-state index in [4.69, 9.17) is 20.8 Å². The van der Waals surface area contributed by atoms with Crippen LogP contribution in [-0.4, -0.2) is 29.6 Å². The first kappa shape index (κ1) is 14.0. The van der Waals surface area contributed by atoms with Gasteiger partial charge in [-0.05, 0) is 18.2 Å². The maximum atomic E-state index is 11.3. The molecule has 1 aromatic heterocycles. The van der Waals surface area contributed by atoms with Crippen molar-refractivity contribution in [1.82, 2.24) is 4.98 Å². The number of rotatable bonds is 4. The smallest absolute Gasteiger partial charge is 0.394 e. The fourth-order valence-electron chi connectivity index (χ4n) is 1.44. The van der Waals surface area contributed by atoms with Crippen LogP contribution in [0.3, 0.4) is 0 Å². The van der Waals surface area contributed by atoms with E-state index in [0.717, 1.165) is 0 Å². The lowest BCUT2D eigenvalue weighted by molar-refractivity contribution is 0.0558. The number of amidine groups is 1. The minimum Gasteiger partial charge on any atom is -0.462 e. The topological polar surface area (TPSA) is 150 Å². The van der Waals surface area contributed by atoms with Crippen LogP contribution in [0.4, 0.5) is 5.69 Å². The van der Waals surface area contributed by atoms with Crippen LogP contribution < -0.4 is 11.2 Å². The molecule has 0 saturated heterocycles. The highest BCUT2D eigenvalue weighted by Gasteiger charge is 2.14. The molecule has 0 aliphatic heterocycles. The second kappa shape index (κ2) is 5.70. The maximum Gasteiger partial charge on any atom is 0.394 e. The number of carbonyl (C=O) groups is 1. The standard InChI is InChI=1S/C12H10N6O3/c1-20-12(19)11-16-7-4-6(2-3-9(7)21-11)17-18-8(5-13)10(14)15/h2-4,17H,1H3,(H3,14,15)/b18-8+. The molecule has 0 saturated carbocycles. The van der Waals surface area contributed by atoms with E-state index in [9.17, 15) is 4.79 Å². The van der Waals surface area contributed by atoms with Gasteiger partial charge in [-0.25, -0.2) is 9.78 Å². The Bertz CT molecular complexity index is 786. The molecule has 0 fully saturated rings. The summed E-state index contributed by atoms with van der Waals surface area (Å²) in [5, 5.41) is 19.5. The Morgan fingerprint density at radius 3 is 3.00 bits per heavy atom. The van der Waals surface area contributed by atoms with E-state index >= 15 is 0 Å². The van der Waals surface area contributed by atoms with Crippen LogP contribution in [0.2, 0.25) is 0 Å². The molecule has 0 aliphatic rings. The van der Waals surface area contributed by atoms with Gasteiger partial charge in [0.2, 0.25) is 5.71 Å². The summed E-state index contributed by atoms with van der Waals surface area (Å²) in [5.41, 5.74) is 8.79. The monoisotopic (exact) mass is 286 g/mol. The van der Waals surface area contributed by atoms with Gasteiger partial charge >= 0.3 is 11.9 Å². The number of hydrogen-bond donors (Lipinski definition) is 3. The Kier molecular flexibility index (Phi) is 3.80. The second-order valence-electron chi connectivity index (χ2n) is 3.79. The summed E-state index contributed by atoms with van der Waals surface area (Å²) in [4.78, 5) is 15.3. The Hall–Kier alpha value is -3.41. The van der Waals surface area contributed by atoms with Gasteiger partial charge < -0.3 is 14.9 Å². The lowest BCUT2D eigenvalue weighted by Crippen LogP contribution is -2.21. The highest BCUT2D eigenvalue weighted by Crippen LogP contribution is 2.20. The summed E-state index contributed by atoms with van der Waals surface area (Å²) in [5.74, 6) is -1.28. The largest absolute Gasteiger partial charge is 0.462 e. The molecule has 21 heavy (non-hydrogen) atoms. The summed E-state index contributed by atoms with van der Waals surface area (Å²) in [6, 6.07) is 6.42. The molecule has 0 atom stereocenters. The number of oxazole rings is 1. The molecule has 9 heteroatoms. The number of hydrazone groups is 1. The molecule has 0 aliphatic carbocycles. The molecule has 2 rings (SSSR count). The molecule has 0 bridgehead atoms. The van der Waals surface area contributed by atoms with Crippen molar-refractivity contribution < 1.29 is 13.9 Å². The Morgan fingerprint density at radius 2 is 2.38 bits per heavy atom. The van der Waals surface area contributed by atoms with Crippen molar-refractivity contribution in [3.63, 3.8) is 0 Å². The molecule has 0 spiro atoms. The SMILES string of the molecule is COC(=O)c1nc2cc(N/N=C(\C#N)C(=N)N)ccc2o1. The predicted octanol–water partition coefficient (Wildman–Crippen LogP) is 0.842. The molecule has 0 amide bonds. The molecule has 0 radical (unpaired) electrons. The molecular formula is C12H10N6O3. The fourth-order valence-corrected chi connectivity index (χ4v) is 1.44. The second-order valence-corrected chi connectivity index (χ2v) is 3.79. The van der Waals surface area contributed by atoms with Crippen molar-refractivity contribution in [1.29, 1.82) is 10.7 Å². The quantitative estimate of drug-likeness (QED) is 0.326. The number of esters is 1. The van der Waals surface area contributed by atoms with E-state index in [-0.39, 0.29) is 11.6 Å². The number of aromatic nitrogens is 1. The molecule has 2 aromatic rings. The number of carbonyl (C=O) groups excluding carboxylic acids is 1. The van der Waals surface area contributed by atoms with Crippen molar-refractivity contribution in [3.8, 4) is 6.07 Å². The number of hydrogen-bond acceptors (Lipinski definition) is 8. The van der Waals surface area contributed by atoms with Crippen LogP contribution in [0.1, 0.15) is 10.7 Å². The summed E-state index contributed by atoms with van der Waals surface area (Å²) in [7, 11) is 1.23. The minimum absolute atomic E-state index is 0.158. The number of benzene rings is 1. The zero-order chi connectivity index (χ0) is 15.4. The zero-order valence-corrected chi connectivity index (χ0v) is 10.9. The number of ether oxygens (including phenoxy) is 1. The van der Waals surface area contributed by atoms with Crippen LogP contribution in [0.25, 0.3) is 11.1 Å². The summed E-state index contributed by atoms with van der Waals surface area (Å²) < 4.78 is 9.71. The summed E-state index contributed by atoms with van der Waals surface area (Å²) in [6.07, 6.45) is 0. The number of nitrogens with two attached hydrogens (primary N) is 1. The van der Waals surface area contributed by atoms with E-state index in [1.165, 1.54) is 7.11 Å². The van der Waals surface area contributed by atoms with Crippen molar-refractivity contribution >= 4 is 34.3 Å². The van der Waals surface area contributed by atoms with Crippen molar-refractivity contribution in [2.45, 2.75) is 0 Å². The third-order valence-electron chi connectivity index (χ3n) is 2.41. The predicted molar refractivity (Wildman–Crippen MR) is 73.9 cm³/mol. The van der Waals surface area contributed by atoms with Crippen LogP contribution in [-0.2, 0) is 4.74 Å². The van der Waals surface area contributed by atoms with Crippen molar-refractivity contribution in [3.05, 3.63) is 24.1 Å². The van der Waals surface area contributed by atoms with Gasteiger partial charge in [-0.3, -0.25) is 10.8 Å². The molecular weight excluding hydrogens is 276 g/mol. The molecule has 0 unspecified atom stereocenters. The van der Waals surface area contributed by atoms with Gasteiger partial charge in [-0.15, -0.1) is 0 Å². The van der Waals surface area contributed by atoms with Gasteiger partial charge in [0.1, 0.15) is 11.6 Å². The summed E-state index contributed by atoms with van der Waals surface area (Å²) in [6.45, 7) is 0. The Labute approximate surface area is 118 Å². The molecule has 4 N–H and O–H groups in total. The number of nitrogens with one attached hydrogen (secondary N) is 2. The Morgan fingerprint density at radius 1 is 1.62 bits per heavy atom. The number of nitriles is 1. The van der Waals surface area contributed by atoms with Gasteiger partial charge in [0.15, 0.2) is 11.4 Å². The first-order chi connectivity index (χ1) is 10.0. The minimum atomic E-state index is -0.679. The highest BCUT2D eigenvalue weighted by molar-refractivity contribution is 6.45. The zero-order valence-electron chi connectivity index (χ0n) is 10.9. The van der Waals surface area contributed by atoms with Gasteiger partial charge in [0, 0.05) is 0 Å². The van der Waals surface area contributed by atoms with E-state index < -0.39 is 11.8 Å². The molecule has 106 valence electrons. The normalized spacial score (nSPS) is 11.0. The lowest BCUT2D eigenvalue weighted by Gasteiger charge is -2.00. The molecule has 1 aromatic carbocycles. The number of fused-ring (bicyclic) bond motifs is 1. The van der Waals surface area contributed by atoms with Crippen LogP contribution >= 0.6 is 0 Å². The fraction of sp³-hybridized carbons (Fsp3) is 0.0833. The van der Waals surface area contributed by atoms with Crippen molar-refractivity contribution in [2.75, 3.05) is 12.5 Å². The van der Waals surface area contributed by atoms with E-state index in [1.54, 1.807) is 24.3 Å². The van der Waals surface area contributed by atoms with Gasteiger partial charge in [0.25, 0.3) is 0 Å². The third kappa shape index (κ3) is 2.95. The van der Waals surface area contributed by atoms with E-state index in [0.29, 0.717) is 16.8 Å². The first-order valence-corrected chi connectivity index (χ1v) is 5.62. The van der Waals surface area contributed by atoms with Crippen LogP contribution in [0, 0.1) is 16.7 Å². The van der Waals surface area contributed by atoms with E-state index in [1.807, 2.05) is 0 Å². The molecule has 1 heterocycles. The first-order valence-electron chi connectivity index (χ1n) is 5.62. The third-order valence-corrected chi connectivity index (χ3v) is 2.41. The number of methoxy groups -OCH3 is 1. The average molecular weight is 286 g/mol. The maximum absolute atomic E-state index is 11.3. The summed E-state index contributed by atoms with van der Waals surface area (Å²) >= 11 is 0. The number of anilines is 1. The van der Waals surface area contributed by atoms with Gasteiger partial charge in [-0.2, -0.15) is 10.4 Å². The Balaban J connectivity index is 2.29. The highest BCUT2D eigenvalue weighted by atomic mass is 16.5. The average Bonchev–Trinajstić information content (AvgIpc) is 2.89.